The number of hydrogen-bond donors (Lipinski definition) is 0. The maximum absolute atomic E-state index is 13.8. The SMILES string of the molecule is Cc1nc(-c2ccccc2F)sc1C(=O)N1CCCC1. The van der Waals surface area contributed by atoms with E-state index in [0.717, 1.165) is 25.9 Å². The second-order valence-electron chi connectivity index (χ2n) is 4.91. The Hall–Kier alpha value is -1.75. The van der Waals surface area contributed by atoms with Gasteiger partial charge in [0, 0.05) is 18.7 Å². The van der Waals surface area contributed by atoms with Crippen LogP contribution in [-0.2, 0) is 0 Å². The average Bonchev–Trinajstić information content (AvgIpc) is 3.08. The van der Waals surface area contributed by atoms with Crippen molar-refractivity contribution in [2.24, 2.45) is 0 Å². The van der Waals surface area contributed by atoms with Gasteiger partial charge in [-0.1, -0.05) is 12.1 Å². The van der Waals surface area contributed by atoms with Crippen molar-refractivity contribution in [1.82, 2.24) is 9.88 Å². The number of carbonyl (C=O) groups excluding carboxylic acids is 1. The van der Waals surface area contributed by atoms with Crippen LogP contribution >= 0.6 is 11.3 Å². The first-order valence-electron chi connectivity index (χ1n) is 6.68. The van der Waals surface area contributed by atoms with E-state index in [1.54, 1.807) is 18.2 Å². The average molecular weight is 290 g/mol. The molecule has 1 amide bonds. The molecular weight excluding hydrogens is 275 g/mol. The van der Waals surface area contributed by atoms with Gasteiger partial charge >= 0.3 is 0 Å². The molecule has 2 heterocycles. The third kappa shape index (κ3) is 2.33. The lowest BCUT2D eigenvalue weighted by Crippen LogP contribution is -2.27. The highest BCUT2D eigenvalue weighted by molar-refractivity contribution is 7.17. The van der Waals surface area contributed by atoms with Gasteiger partial charge in [0.1, 0.15) is 15.7 Å². The molecule has 1 saturated heterocycles. The fraction of sp³-hybridized carbons (Fsp3) is 0.333. The van der Waals surface area contributed by atoms with Crippen molar-refractivity contribution in [3.8, 4) is 10.6 Å². The largest absolute Gasteiger partial charge is 0.338 e. The third-order valence-corrected chi connectivity index (χ3v) is 4.67. The third-order valence-electron chi connectivity index (χ3n) is 3.49. The van der Waals surface area contributed by atoms with Crippen molar-refractivity contribution in [2.75, 3.05) is 13.1 Å². The molecule has 3 nitrogen and oxygen atoms in total. The zero-order valence-electron chi connectivity index (χ0n) is 11.2. The predicted octanol–water partition coefficient (Wildman–Crippen LogP) is 3.49. The number of thiazole rings is 1. The van der Waals surface area contributed by atoms with E-state index in [1.165, 1.54) is 17.4 Å². The molecule has 0 bridgehead atoms. The molecule has 0 N–H and O–H groups in total. The number of nitrogens with zero attached hydrogens (tertiary/aromatic N) is 2. The van der Waals surface area contributed by atoms with Crippen LogP contribution in [0, 0.1) is 12.7 Å². The van der Waals surface area contributed by atoms with Crippen molar-refractivity contribution in [3.63, 3.8) is 0 Å². The molecule has 0 atom stereocenters. The summed E-state index contributed by atoms with van der Waals surface area (Å²) in [6.07, 6.45) is 2.12. The molecule has 1 aromatic carbocycles. The first-order valence-corrected chi connectivity index (χ1v) is 7.50. The van der Waals surface area contributed by atoms with Crippen molar-refractivity contribution in [3.05, 3.63) is 40.7 Å². The van der Waals surface area contributed by atoms with E-state index in [1.807, 2.05) is 11.8 Å². The van der Waals surface area contributed by atoms with Gasteiger partial charge in [-0.15, -0.1) is 11.3 Å². The number of rotatable bonds is 2. The monoisotopic (exact) mass is 290 g/mol. The predicted molar refractivity (Wildman–Crippen MR) is 77.4 cm³/mol. The van der Waals surface area contributed by atoms with Crippen LogP contribution in [0.5, 0.6) is 0 Å². The molecule has 1 aliphatic heterocycles. The Labute approximate surface area is 121 Å². The van der Waals surface area contributed by atoms with Gasteiger partial charge in [-0.25, -0.2) is 9.37 Å². The molecule has 1 fully saturated rings. The summed E-state index contributed by atoms with van der Waals surface area (Å²) in [5.74, 6) is -0.276. The Morgan fingerprint density at radius 2 is 2.00 bits per heavy atom. The Kier molecular flexibility index (Phi) is 3.53. The smallest absolute Gasteiger partial charge is 0.265 e. The van der Waals surface area contributed by atoms with Crippen molar-refractivity contribution in [2.45, 2.75) is 19.8 Å². The van der Waals surface area contributed by atoms with Crippen LogP contribution in [0.15, 0.2) is 24.3 Å². The van der Waals surface area contributed by atoms with Gasteiger partial charge in [-0.2, -0.15) is 0 Å². The zero-order chi connectivity index (χ0) is 14.1. The summed E-state index contributed by atoms with van der Waals surface area (Å²) in [4.78, 5) is 19.2. The number of amides is 1. The molecule has 0 spiro atoms. The van der Waals surface area contributed by atoms with E-state index in [4.69, 9.17) is 0 Å². The lowest BCUT2D eigenvalue weighted by Gasteiger charge is -2.13. The molecule has 2 aromatic rings. The van der Waals surface area contributed by atoms with Gasteiger partial charge in [0.25, 0.3) is 5.91 Å². The summed E-state index contributed by atoms with van der Waals surface area (Å²) in [6.45, 7) is 3.43. The van der Waals surface area contributed by atoms with Crippen LogP contribution in [0.1, 0.15) is 28.2 Å². The number of halogens is 1. The number of hydrogen-bond acceptors (Lipinski definition) is 3. The first-order chi connectivity index (χ1) is 9.66. The molecule has 1 aliphatic rings. The van der Waals surface area contributed by atoms with E-state index >= 15 is 0 Å². The zero-order valence-corrected chi connectivity index (χ0v) is 12.0. The van der Waals surface area contributed by atoms with Gasteiger partial charge in [-0.3, -0.25) is 4.79 Å². The second-order valence-corrected chi connectivity index (χ2v) is 5.91. The molecule has 104 valence electrons. The van der Waals surface area contributed by atoms with Crippen molar-refractivity contribution in [1.29, 1.82) is 0 Å². The molecule has 5 heteroatoms. The van der Waals surface area contributed by atoms with Crippen molar-refractivity contribution < 1.29 is 9.18 Å². The summed E-state index contributed by atoms with van der Waals surface area (Å²) in [6, 6.07) is 6.53. The minimum atomic E-state index is -0.304. The van der Waals surface area contributed by atoms with E-state index in [0.29, 0.717) is 21.1 Å². The van der Waals surface area contributed by atoms with Crippen LogP contribution in [0.25, 0.3) is 10.6 Å². The van der Waals surface area contributed by atoms with E-state index in [2.05, 4.69) is 4.98 Å². The maximum Gasteiger partial charge on any atom is 0.265 e. The summed E-state index contributed by atoms with van der Waals surface area (Å²) >= 11 is 1.28. The van der Waals surface area contributed by atoms with E-state index < -0.39 is 0 Å². The van der Waals surface area contributed by atoms with Crippen LogP contribution in [0.2, 0.25) is 0 Å². The highest BCUT2D eigenvalue weighted by Gasteiger charge is 2.24. The van der Waals surface area contributed by atoms with Gasteiger partial charge < -0.3 is 4.90 Å². The van der Waals surface area contributed by atoms with E-state index in [9.17, 15) is 9.18 Å². The minimum Gasteiger partial charge on any atom is -0.338 e. The van der Waals surface area contributed by atoms with Gasteiger partial charge in [0.15, 0.2) is 0 Å². The number of aromatic nitrogens is 1. The second kappa shape index (κ2) is 5.32. The summed E-state index contributed by atoms with van der Waals surface area (Å²) in [5, 5.41) is 0.572. The van der Waals surface area contributed by atoms with Gasteiger partial charge in [0.05, 0.1) is 5.69 Å². The number of aryl methyl sites for hydroxylation is 1. The quantitative estimate of drug-likeness (QED) is 0.848. The Bertz CT molecular complexity index is 647. The standard InChI is InChI=1S/C15H15FN2OS/c1-10-13(15(19)18-8-4-5-9-18)20-14(17-10)11-6-2-3-7-12(11)16/h2-3,6-7H,4-5,8-9H2,1H3. The molecule has 20 heavy (non-hydrogen) atoms. The highest BCUT2D eigenvalue weighted by Crippen LogP contribution is 2.30. The minimum absolute atomic E-state index is 0.0279. The fourth-order valence-corrected chi connectivity index (χ4v) is 3.47. The normalized spacial score (nSPS) is 14.8. The Morgan fingerprint density at radius 3 is 2.70 bits per heavy atom. The summed E-state index contributed by atoms with van der Waals surface area (Å²) < 4.78 is 13.8. The topological polar surface area (TPSA) is 33.2 Å². The maximum atomic E-state index is 13.8. The van der Waals surface area contributed by atoms with Gasteiger partial charge in [0.2, 0.25) is 0 Å². The lowest BCUT2D eigenvalue weighted by molar-refractivity contribution is 0.0796. The number of likely N-dealkylation sites (tertiary alicyclic amines) is 1. The van der Waals surface area contributed by atoms with E-state index in [-0.39, 0.29) is 11.7 Å². The lowest BCUT2D eigenvalue weighted by atomic mass is 10.2. The Balaban J connectivity index is 1.95. The molecular formula is C15H15FN2OS. The molecule has 1 aromatic heterocycles. The van der Waals surface area contributed by atoms with Crippen molar-refractivity contribution >= 4 is 17.2 Å². The molecule has 0 saturated carbocycles. The molecule has 0 aliphatic carbocycles. The molecule has 3 rings (SSSR count). The highest BCUT2D eigenvalue weighted by atomic mass is 32.1. The molecule has 0 unspecified atom stereocenters. The summed E-state index contributed by atoms with van der Waals surface area (Å²) in [5.41, 5.74) is 1.14. The molecule has 0 radical (unpaired) electrons. The number of carbonyl (C=O) groups is 1. The van der Waals surface area contributed by atoms with Crippen LogP contribution < -0.4 is 0 Å². The van der Waals surface area contributed by atoms with Crippen LogP contribution in [0.4, 0.5) is 4.39 Å². The summed E-state index contributed by atoms with van der Waals surface area (Å²) in [7, 11) is 0. The first kappa shape index (κ1) is 13.2. The Morgan fingerprint density at radius 1 is 1.30 bits per heavy atom. The number of benzene rings is 1. The van der Waals surface area contributed by atoms with Crippen LogP contribution in [0.3, 0.4) is 0 Å². The van der Waals surface area contributed by atoms with Crippen LogP contribution in [-0.4, -0.2) is 28.9 Å². The fourth-order valence-electron chi connectivity index (χ4n) is 2.41. The van der Waals surface area contributed by atoms with Gasteiger partial charge in [-0.05, 0) is 31.9 Å².